The number of benzene rings is 3. The van der Waals surface area contributed by atoms with Gasteiger partial charge in [-0.05, 0) is 54.1 Å². The Morgan fingerprint density at radius 2 is 1.41 bits per heavy atom. The first-order chi connectivity index (χ1) is 15.2. The fourth-order valence-corrected chi connectivity index (χ4v) is 3.65. The minimum absolute atomic E-state index is 0.0518. The molecule has 3 aromatic rings. The molecule has 1 heterocycles. The second-order valence-electron chi connectivity index (χ2n) is 7.12. The van der Waals surface area contributed by atoms with E-state index in [0.29, 0.717) is 16.3 Å². The molecule has 1 aliphatic heterocycles. The van der Waals surface area contributed by atoms with E-state index in [2.05, 4.69) is 0 Å². The Hall–Kier alpha value is -3.58. The first kappa shape index (κ1) is 21.6. The van der Waals surface area contributed by atoms with Gasteiger partial charge >= 0.3 is 6.18 Å². The highest BCUT2D eigenvalue weighted by molar-refractivity contribution is 6.46. The van der Waals surface area contributed by atoms with Crippen molar-refractivity contribution in [2.24, 2.45) is 0 Å². The van der Waals surface area contributed by atoms with Gasteiger partial charge in [-0.3, -0.25) is 9.59 Å². The van der Waals surface area contributed by atoms with E-state index in [0.717, 1.165) is 29.2 Å². The molecule has 0 saturated carbocycles. The molecule has 8 heteroatoms. The van der Waals surface area contributed by atoms with Gasteiger partial charge in [-0.15, -0.1) is 0 Å². The molecule has 0 radical (unpaired) electrons. The lowest BCUT2D eigenvalue weighted by Crippen LogP contribution is -2.34. The average molecular weight is 457 g/mol. The molecular formula is C24H16ClF3N2O2. The fourth-order valence-electron chi connectivity index (χ4n) is 3.52. The maximum Gasteiger partial charge on any atom is 0.416 e. The van der Waals surface area contributed by atoms with Crippen molar-refractivity contribution in [3.63, 3.8) is 0 Å². The zero-order valence-corrected chi connectivity index (χ0v) is 17.5. The molecule has 0 bridgehead atoms. The third kappa shape index (κ3) is 3.87. The van der Waals surface area contributed by atoms with Gasteiger partial charge in [-0.1, -0.05) is 41.9 Å². The number of halogens is 4. The summed E-state index contributed by atoms with van der Waals surface area (Å²) in [5, 5.41) is 0.462. The number of hydrogen-bond donors (Lipinski definition) is 0. The van der Waals surface area contributed by atoms with E-state index in [9.17, 15) is 22.8 Å². The highest BCUT2D eigenvalue weighted by atomic mass is 35.5. The number of carbonyl (C=O) groups excluding carboxylic acids is 2. The SMILES string of the molecule is CN(C1=C(c2ccc(Cl)cc2)C(=O)N(c2ccc(C(F)(F)F)cc2)C1=O)c1ccccc1. The summed E-state index contributed by atoms with van der Waals surface area (Å²) in [5.74, 6) is -1.26. The van der Waals surface area contributed by atoms with Gasteiger partial charge in [-0.2, -0.15) is 13.2 Å². The highest BCUT2D eigenvalue weighted by Crippen LogP contribution is 2.37. The lowest BCUT2D eigenvalue weighted by atomic mass is 10.0. The van der Waals surface area contributed by atoms with E-state index in [-0.39, 0.29) is 17.0 Å². The van der Waals surface area contributed by atoms with Crippen molar-refractivity contribution in [3.8, 4) is 0 Å². The van der Waals surface area contributed by atoms with Gasteiger partial charge in [-0.25, -0.2) is 4.90 Å². The predicted octanol–water partition coefficient (Wildman–Crippen LogP) is 5.78. The Morgan fingerprint density at radius 1 is 0.812 bits per heavy atom. The van der Waals surface area contributed by atoms with Crippen molar-refractivity contribution >= 4 is 40.4 Å². The van der Waals surface area contributed by atoms with Crippen LogP contribution in [0, 0.1) is 0 Å². The number of hydrogen-bond acceptors (Lipinski definition) is 3. The van der Waals surface area contributed by atoms with Gasteiger partial charge in [0.25, 0.3) is 11.8 Å². The van der Waals surface area contributed by atoms with Crippen molar-refractivity contribution in [2.45, 2.75) is 6.18 Å². The van der Waals surface area contributed by atoms with E-state index in [4.69, 9.17) is 11.6 Å². The summed E-state index contributed by atoms with van der Waals surface area (Å²) < 4.78 is 38.8. The molecule has 0 atom stereocenters. The van der Waals surface area contributed by atoms with Gasteiger partial charge in [0.15, 0.2) is 0 Å². The normalized spacial score (nSPS) is 14.3. The minimum atomic E-state index is -4.52. The van der Waals surface area contributed by atoms with Crippen molar-refractivity contribution in [1.82, 2.24) is 0 Å². The summed E-state index contributed by atoms with van der Waals surface area (Å²) >= 11 is 5.97. The smallest absolute Gasteiger partial charge is 0.339 e. The third-order valence-corrected chi connectivity index (χ3v) is 5.38. The Labute approximate surface area is 187 Å². The lowest BCUT2D eigenvalue weighted by Gasteiger charge is -2.21. The van der Waals surface area contributed by atoms with Crippen LogP contribution in [-0.4, -0.2) is 18.9 Å². The van der Waals surface area contributed by atoms with Gasteiger partial charge in [0.2, 0.25) is 0 Å². The first-order valence-corrected chi connectivity index (χ1v) is 9.91. The molecule has 0 fully saturated rings. The van der Waals surface area contributed by atoms with Crippen molar-refractivity contribution < 1.29 is 22.8 Å². The van der Waals surface area contributed by atoms with E-state index in [1.54, 1.807) is 60.5 Å². The zero-order chi connectivity index (χ0) is 23.0. The number of likely N-dealkylation sites (N-methyl/N-ethyl adjacent to an activating group) is 1. The lowest BCUT2D eigenvalue weighted by molar-refractivity contribution is -0.137. The summed E-state index contributed by atoms with van der Waals surface area (Å²) in [7, 11) is 1.65. The van der Waals surface area contributed by atoms with E-state index >= 15 is 0 Å². The van der Waals surface area contributed by atoms with Crippen LogP contribution in [0.3, 0.4) is 0 Å². The molecule has 2 amide bonds. The number of nitrogens with zero attached hydrogens (tertiary/aromatic N) is 2. The molecule has 0 saturated heterocycles. The third-order valence-electron chi connectivity index (χ3n) is 5.12. The summed E-state index contributed by atoms with van der Waals surface area (Å²) in [6, 6.07) is 19.3. The molecule has 32 heavy (non-hydrogen) atoms. The highest BCUT2D eigenvalue weighted by Gasteiger charge is 2.42. The molecular weight excluding hydrogens is 441 g/mol. The topological polar surface area (TPSA) is 40.6 Å². The standard InChI is InChI=1S/C24H16ClF3N2O2/c1-29(18-5-3-2-4-6-18)21-20(15-7-11-17(25)12-8-15)22(31)30(23(21)32)19-13-9-16(10-14-19)24(26,27)28/h2-14H,1H3. The second-order valence-corrected chi connectivity index (χ2v) is 7.55. The van der Waals surface area contributed by atoms with Crippen LogP contribution < -0.4 is 9.80 Å². The van der Waals surface area contributed by atoms with Crippen LogP contribution in [0.25, 0.3) is 5.57 Å². The Morgan fingerprint density at radius 3 is 1.97 bits per heavy atom. The fraction of sp³-hybridized carbons (Fsp3) is 0.0833. The first-order valence-electron chi connectivity index (χ1n) is 9.53. The van der Waals surface area contributed by atoms with Crippen LogP contribution in [-0.2, 0) is 15.8 Å². The largest absolute Gasteiger partial charge is 0.416 e. The number of anilines is 2. The van der Waals surface area contributed by atoms with Crippen LogP contribution in [0.2, 0.25) is 5.02 Å². The Balaban J connectivity index is 1.82. The zero-order valence-electron chi connectivity index (χ0n) is 16.7. The van der Waals surface area contributed by atoms with E-state index < -0.39 is 23.6 Å². The number of alkyl halides is 3. The van der Waals surface area contributed by atoms with Crippen molar-refractivity contribution in [2.75, 3.05) is 16.8 Å². The van der Waals surface area contributed by atoms with E-state index in [1.807, 2.05) is 6.07 Å². The summed E-state index contributed by atoms with van der Waals surface area (Å²) in [5.41, 5.74) is 0.578. The van der Waals surface area contributed by atoms with Gasteiger partial charge in [0.05, 0.1) is 16.8 Å². The molecule has 4 rings (SSSR count). The van der Waals surface area contributed by atoms with Crippen molar-refractivity contribution in [3.05, 3.63) is 101 Å². The molecule has 0 unspecified atom stereocenters. The molecule has 0 N–H and O–H groups in total. The molecule has 0 aromatic heterocycles. The predicted molar refractivity (Wildman–Crippen MR) is 117 cm³/mol. The van der Waals surface area contributed by atoms with Gasteiger partial charge in [0, 0.05) is 17.8 Å². The Bertz CT molecular complexity index is 1200. The molecule has 162 valence electrons. The maximum atomic E-state index is 13.4. The van der Waals surface area contributed by atoms with Crippen LogP contribution in [0.1, 0.15) is 11.1 Å². The number of imide groups is 1. The van der Waals surface area contributed by atoms with Crippen LogP contribution in [0.5, 0.6) is 0 Å². The van der Waals surface area contributed by atoms with Crippen LogP contribution >= 0.6 is 11.6 Å². The van der Waals surface area contributed by atoms with Crippen molar-refractivity contribution in [1.29, 1.82) is 0 Å². The summed E-state index contributed by atoms with van der Waals surface area (Å²) in [6.07, 6.45) is -4.52. The quantitative estimate of drug-likeness (QED) is 0.467. The molecule has 0 aliphatic carbocycles. The van der Waals surface area contributed by atoms with Crippen LogP contribution in [0.15, 0.2) is 84.6 Å². The molecule has 1 aliphatic rings. The average Bonchev–Trinajstić information content (AvgIpc) is 3.04. The van der Waals surface area contributed by atoms with Gasteiger partial charge in [0.1, 0.15) is 5.70 Å². The molecule has 4 nitrogen and oxygen atoms in total. The minimum Gasteiger partial charge on any atom is -0.339 e. The van der Waals surface area contributed by atoms with E-state index in [1.165, 1.54) is 0 Å². The number of amides is 2. The maximum absolute atomic E-state index is 13.4. The Kier molecular flexibility index (Phi) is 5.52. The van der Waals surface area contributed by atoms with Gasteiger partial charge < -0.3 is 4.90 Å². The monoisotopic (exact) mass is 456 g/mol. The number of para-hydroxylation sites is 1. The number of carbonyl (C=O) groups is 2. The molecule has 3 aromatic carbocycles. The van der Waals surface area contributed by atoms with Crippen LogP contribution in [0.4, 0.5) is 24.5 Å². The summed E-state index contributed by atoms with van der Waals surface area (Å²) in [6.45, 7) is 0. The summed E-state index contributed by atoms with van der Waals surface area (Å²) in [4.78, 5) is 29.3. The number of rotatable bonds is 4. The molecule has 0 spiro atoms. The second kappa shape index (κ2) is 8.16.